The molecule has 0 radical (unpaired) electrons. The van der Waals surface area contributed by atoms with Gasteiger partial charge in [-0.1, -0.05) is 66.2 Å². The Morgan fingerprint density at radius 1 is 1.12 bits per heavy atom. The molecule has 0 aliphatic carbocycles. The smallest absolute Gasteiger partial charge is 0.265 e. The number of halogens is 1. The van der Waals surface area contributed by atoms with Crippen molar-refractivity contribution in [3.8, 4) is 5.75 Å². The summed E-state index contributed by atoms with van der Waals surface area (Å²) in [5.74, 6) is -0.00335. The van der Waals surface area contributed by atoms with Crippen LogP contribution in [0.25, 0.3) is 0 Å². The number of hydrogen-bond donors (Lipinski definition) is 0. The Kier molecular flexibility index (Phi) is 5.06. The standard InChI is InChI=1S/C20H19BrO4/c1-11(2)14-9-10-15-17(19(23)20(25-15)24-12(3)21)16(14)18(22)13-7-5-4-6-8-13/h4-12,20H,1-3H3. The maximum atomic E-state index is 13.1. The molecule has 2 aromatic carbocycles. The number of ketones is 2. The summed E-state index contributed by atoms with van der Waals surface area (Å²) in [6, 6.07) is 12.6. The Morgan fingerprint density at radius 3 is 2.40 bits per heavy atom. The van der Waals surface area contributed by atoms with E-state index < -0.39 is 6.29 Å². The minimum absolute atomic E-state index is 0.0934. The van der Waals surface area contributed by atoms with Crippen LogP contribution in [0.3, 0.4) is 0 Å². The molecule has 0 fully saturated rings. The van der Waals surface area contributed by atoms with Crippen LogP contribution in [0.15, 0.2) is 42.5 Å². The van der Waals surface area contributed by atoms with Crippen LogP contribution in [-0.4, -0.2) is 22.9 Å². The zero-order valence-electron chi connectivity index (χ0n) is 14.3. The summed E-state index contributed by atoms with van der Waals surface area (Å²) in [6.45, 7) is 5.76. The van der Waals surface area contributed by atoms with Gasteiger partial charge in [0.1, 0.15) is 10.8 Å². The molecular formula is C20H19BrO4. The average Bonchev–Trinajstić information content (AvgIpc) is 2.89. The van der Waals surface area contributed by atoms with E-state index in [1.165, 1.54) is 0 Å². The number of fused-ring (bicyclic) bond motifs is 1. The lowest BCUT2D eigenvalue weighted by Gasteiger charge is -2.14. The molecule has 4 nitrogen and oxygen atoms in total. The Hall–Kier alpha value is -1.98. The molecule has 0 N–H and O–H groups in total. The highest BCUT2D eigenvalue weighted by Gasteiger charge is 2.39. The summed E-state index contributed by atoms with van der Waals surface area (Å²) in [5.41, 5.74) is 2.11. The molecule has 3 rings (SSSR count). The Morgan fingerprint density at radius 2 is 1.80 bits per heavy atom. The summed E-state index contributed by atoms with van der Waals surface area (Å²) in [5, 5.41) is -0.339. The van der Waals surface area contributed by atoms with E-state index in [1.54, 1.807) is 25.1 Å². The van der Waals surface area contributed by atoms with Crippen LogP contribution in [0.5, 0.6) is 5.75 Å². The SMILES string of the molecule is CC(Br)OC1Oc2ccc(C(C)C)c(C(=O)c3ccccc3)c2C1=O. The molecule has 5 heteroatoms. The lowest BCUT2D eigenvalue weighted by Crippen LogP contribution is -2.27. The molecule has 1 aliphatic heterocycles. The van der Waals surface area contributed by atoms with Crippen molar-refractivity contribution in [3.63, 3.8) is 0 Å². The van der Waals surface area contributed by atoms with Crippen molar-refractivity contribution in [3.05, 3.63) is 64.7 Å². The number of ether oxygens (including phenoxy) is 2. The molecule has 2 atom stereocenters. The predicted molar refractivity (Wildman–Crippen MR) is 98.6 cm³/mol. The van der Waals surface area contributed by atoms with Crippen molar-refractivity contribution < 1.29 is 19.1 Å². The average molecular weight is 403 g/mol. The fourth-order valence-corrected chi connectivity index (χ4v) is 3.14. The third-order valence-electron chi connectivity index (χ3n) is 4.09. The van der Waals surface area contributed by atoms with Crippen molar-refractivity contribution >= 4 is 27.5 Å². The molecule has 0 saturated heterocycles. The molecule has 1 heterocycles. The first-order chi connectivity index (χ1) is 11.9. The molecule has 2 aromatic rings. The molecule has 0 spiro atoms. The predicted octanol–water partition coefficient (Wildman–Crippen LogP) is 4.70. The Bertz CT molecular complexity index is 812. The molecule has 0 bridgehead atoms. The van der Waals surface area contributed by atoms with Gasteiger partial charge in [0.25, 0.3) is 6.29 Å². The van der Waals surface area contributed by atoms with E-state index in [2.05, 4.69) is 15.9 Å². The quantitative estimate of drug-likeness (QED) is 0.537. The van der Waals surface area contributed by atoms with E-state index in [9.17, 15) is 9.59 Å². The van der Waals surface area contributed by atoms with E-state index in [0.717, 1.165) is 5.56 Å². The Labute approximate surface area is 155 Å². The van der Waals surface area contributed by atoms with E-state index in [4.69, 9.17) is 9.47 Å². The van der Waals surface area contributed by atoms with E-state index in [-0.39, 0.29) is 22.5 Å². The fraction of sp³-hybridized carbons (Fsp3) is 0.300. The number of benzene rings is 2. The molecule has 0 amide bonds. The minimum atomic E-state index is -1.03. The Balaban J connectivity index is 2.14. The van der Waals surface area contributed by atoms with Crippen molar-refractivity contribution in [2.75, 3.05) is 0 Å². The molecule has 1 aliphatic rings. The summed E-state index contributed by atoms with van der Waals surface area (Å²) < 4.78 is 11.1. The third-order valence-corrected chi connectivity index (χ3v) is 4.31. The van der Waals surface area contributed by atoms with E-state index in [1.807, 2.05) is 38.1 Å². The van der Waals surface area contributed by atoms with Crippen LogP contribution in [0.4, 0.5) is 0 Å². The van der Waals surface area contributed by atoms with E-state index in [0.29, 0.717) is 22.4 Å². The molecular weight excluding hydrogens is 384 g/mol. The van der Waals surface area contributed by atoms with Crippen LogP contribution in [0, 0.1) is 0 Å². The third kappa shape index (κ3) is 3.39. The number of carbonyl (C=O) groups is 2. The summed E-state index contributed by atoms with van der Waals surface area (Å²) >= 11 is 3.26. The monoisotopic (exact) mass is 402 g/mol. The lowest BCUT2D eigenvalue weighted by atomic mass is 9.87. The van der Waals surface area contributed by atoms with Gasteiger partial charge in [0.05, 0.1) is 5.56 Å². The molecule has 0 aromatic heterocycles. The first-order valence-electron chi connectivity index (χ1n) is 8.17. The van der Waals surface area contributed by atoms with Gasteiger partial charge in [-0.25, -0.2) is 0 Å². The zero-order valence-corrected chi connectivity index (χ0v) is 15.9. The maximum Gasteiger partial charge on any atom is 0.265 e. The second-order valence-electron chi connectivity index (χ2n) is 6.25. The topological polar surface area (TPSA) is 52.6 Å². The summed E-state index contributed by atoms with van der Waals surface area (Å²) in [7, 11) is 0. The highest BCUT2D eigenvalue weighted by atomic mass is 79.9. The molecule has 130 valence electrons. The van der Waals surface area contributed by atoms with Crippen molar-refractivity contribution in [2.45, 2.75) is 38.0 Å². The van der Waals surface area contributed by atoms with Gasteiger partial charge in [0.2, 0.25) is 5.78 Å². The largest absolute Gasteiger partial charge is 0.456 e. The van der Waals surface area contributed by atoms with Gasteiger partial charge in [-0.2, -0.15) is 0 Å². The summed E-state index contributed by atoms with van der Waals surface area (Å²) in [6.07, 6.45) is -1.03. The second kappa shape index (κ2) is 7.10. The van der Waals surface area contributed by atoms with Gasteiger partial charge in [0, 0.05) is 11.1 Å². The highest BCUT2D eigenvalue weighted by Crippen LogP contribution is 2.38. The number of rotatable bonds is 5. The number of hydrogen-bond acceptors (Lipinski definition) is 4. The summed E-state index contributed by atoms with van der Waals surface area (Å²) in [4.78, 5) is 26.0. The normalized spacial score (nSPS) is 17.3. The van der Waals surface area contributed by atoms with Gasteiger partial charge < -0.3 is 9.47 Å². The number of alkyl halides is 1. The van der Waals surface area contributed by atoms with Crippen LogP contribution in [0.2, 0.25) is 0 Å². The van der Waals surface area contributed by atoms with Crippen molar-refractivity contribution in [1.29, 1.82) is 0 Å². The van der Waals surface area contributed by atoms with Crippen LogP contribution in [0.1, 0.15) is 58.5 Å². The maximum absolute atomic E-state index is 13.1. The van der Waals surface area contributed by atoms with Gasteiger partial charge in [0.15, 0.2) is 5.78 Å². The van der Waals surface area contributed by atoms with Gasteiger partial charge >= 0.3 is 0 Å². The van der Waals surface area contributed by atoms with Crippen LogP contribution in [-0.2, 0) is 4.74 Å². The number of carbonyl (C=O) groups excluding carboxylic acids is 2. The zero-order chi connectivity index (χ0) is 18.1. The van der Waals surface area contributed by atoms with Crippen LogP contribution < -0.4 is 4.74 Å². The molecule has 25 heavy (non-hydrogen) atoms. The minimum Gasteiger partial charge on any atom is -0.456 e. The van der Waals surface area contributed by atoms with Gasteiger partial charge in [-0.05, 0) is 24.5 Å². The molecule has 0 saturated carbocycles. The first-order valence-corrected chi connectivity index (χ1v) is 9.08. The number of Topliss-reactive ketones (excluding diaryl/α,β-unsaturated/α-hetero) is 1. The second-order valence-corrected chi connectivity index (χ2v) is 7.54. The van der Waals surface area contributed by atoms with Crippen LogP contribution >= 0.6 is 15.9 Å². The van der Waals surface area contributed by atoms with Gasteiger partial charge in [-0.15, -0.1) is 0 Å². The van der Waals surface area contributed by atoms with Crippen molar-refractivity contribution in [2.24, 2.45) is 0 Å². The fourth-order valence-electron chi connectivity index (χ4n) is 2.95. The molecule has 2 unspecified atom stereocenters. The van der Waals surface area contributed by atoms with E-state index >= 15 is 0 Å². The highest BCUT2D eigenvalue weighted by molar-refractivity contribution is 9.09. The van der Waals surface area contributed by atoms with Crippen molar-refractivity contribution in [1.82, 2.24) is 0 Å². The first kappa shape index (κ1) is 17.8. The lowest BCUT2D eigenvalue weighted by molar-refractivity contribution is -0.0510. The van der Waals surface area contributed by atoms with Gasteiger partial charge in [-0.3, -0.25) is 9.59 Å².